The summed E-state index contributed by atoms with van der Waals surface area (Å²) in [4.78, 5) is 13.2. The van der Waals surface area contributed by atoms with Crippen molar-refractivity contribution in [1.29, 1.82) is 0 Å². The van der Waals surface area contributed by atoms with E-state index < -0.39 is 74.2 Å². The van der Waals surface area contributed by atoms with Crippen LogP contribution in [-0.2, 0) is 14.3 Å². The van der Waals surface area contributed by atoms with E-state index in [-0.39, 0.29) is 12.8 Å². The fourth-order valence-electron chi connectivity index (χ4n) is 9.26. The predicted octanol–water partition coefficient (Wildman–Crippen LogP) is 11.7. The molecule has 68 heavy (non-hydrogen) atoms. The Morgan fingerprint density at radius 3 is 1.26 bits per heavy atom. The topological polar surface area (TPSA) is 189 Å². The van der Waals surface area contributed by atoms with E-state index in [1.807, 2.05) is 0 Å². The summed E-state index contributed by atoms with van der Waals surface area (Å²) in [6.07, 6.45) is 43.8. The van der Waals surface area contributed by atoms with E-state index in [2.05, 4.69) is 43.5 Å². The lowest BCUT2D eigenvalue weighted by atomic mass is 9.98. The Bertz CT molecular complexity index is 1160. The van der Waals surface area contributed by atoms with Crippen molar-refractivity contribution in [2.24, 2.45) is 0 Å². The number of hydrogen-bond donors (Lipinski definition) is 8. The summed E-state index contributed by atoms with van der Waals surface area (Å²) in [5.74, 6) is -0.705. The standard InChI is InChI=1S/C57H109NO10/c1-3-5-7-9-11-13-15-17-19-20-21-22-23-24-25-26-27-28-29-31-33-35-37-39-41-43-45-50(61)56(66)58-48(47-67-57-55(65)54(64)53(63)51(46-59)68-57)52(62)49(60)44-42-40-38-36-34-32-30-18-16-14-12-10-8-6-4-2/h24-25,36,38,48-55,57,59-65H,3-23,26-35,37,39-47H2,1-2H3,(H,58,66)/b25-24-,38-36+. The van der Waals surface area contributed by atoms with Crippen LogP contribution in [-0.4, -0.2) is 110 Å². The lowest BCUT2D eigenvalue weighted by Crippen LogP contribution is -2.60. The van der Waals surface area contributed by atoms with Gasteiger partial charge in [-0.2, -0.15) is 0 Å². The smallest absolute Gasteiger partial charge is 0.249 e. The summed E-state index contributed by atoms with van der Waals surface area (Å²) in [5.41, 5.74) is 0. The largest absolute Gasteiger partial charge is 0.394 e. The highest BCUT2D eigenvalue weighted by molar-refractivity contribution is 5.80. The van der Waals surface area contributed by atoms with Crippen LogP contribution in [0.1, 0.15) is 264 Å². The molecule has 9 atom stereocenters. The maximum absolute atomic E-state index is 13.2. The molecule has 1 saturated heterocycles. The van der Waals surface area contributed by atoms with Gasteiger partial charge < -0.3 is 50.5 Å². The summed E-state index contributed by atoms with van der Waals surface area (Å²) >= 11 is 0. The van der Waals surface area contributed by atoms with Gasteiger partial charge in [-0.1, -0.05) is 224 Å². The third-order valence-electron chi connectivity index (χ3n) is 14.0. The van der Waals surface area contributed by atoms with Crippen LogP contribution in [0.3, 0.4) is 0 Å². The van der Waals surface area contributed by atoms with Crippen molar-refractivity contribution in [2.45, 2.75) is 319 Å². The highest BCUT2D eigenvalue weighted by Gasteiger charge is 2.44. The second-order valence-corrected chi connectivity index (χ2v) is 20.4. The zero-order valence-electron chi connectivity index (χ0n) is 43.9. The van der Waals surface area contributed by atoms with Crippen LogP contribution in [0.15, 0.2) is 24.3 Å². The average Bonchev–Trinajstić information content (AvgIpc) is 3.34. The Balaban J connectivity index is 2.29. The zero-order valence-corrected chi connectivity index (χ0v) is 43.9. The summed E-state index contributed by atoms with van der Waals surface area (Å²) in [6.45, 7) is 3.46. The molecule has 0 radical (unpaired) electrons. The number of rotatable bonds is 49. The van der Waals surface area contributed by atoms with Gasteiger partial charge in [-0.15, -0.1) is 0 Å². The fraction of sp³-hybridized carbons (Fsp3) is 0.912. The molecule has 0 bridgehead atoms. The molecule has 0 aromatic heterocycles. The Labute approximate surface area is 416 Å². The molecule has 11 heteroatoms. The Kier molecular flexibility index (Phi) is 44.3. The molecule has 1 fully saturated rings. The molecule has 0 saturated carbocycles. The van der Waals surface area contributed by atoms with Crippen LogP contribution in [0.25, 0.3) is 0 Å². The number of unbranched alkanes of at least 4 members (excludes halogenated alkanes) is 33. The van der Waals surface area contributed by atoms with E-state index in [0.29, 0.717) is 12.8 Å². The number of allylic oxidation sites excluding steroid dienone is 4. The van der Waals surface area contributed by atoms with Gasteiger partial charge in [-0.25, -0.2) is 0 Å². The van der Waals surface area contributed by atoms with Crippen LogP contribution in [0.5, 0.6) is 0 Å². The first-order chi connectivity index (χ1) is 33.2. The van der Waals surface area contributed by atoms with E-state index >= 15 is 0 Å². The average molecular weight is 968 g/mol. The normalized spacial score (nSPS) is 20.6. The molecule has 0 aromatic carbocycles. The molecule has 0 spiro atoms. The van der Waals surface area contributed by atoms with Gasteiger partial charge in [0.2, 0.25) is 5.91 Å². The Morgan fingerprint density at radius 1 is 0.500 bits per heavy atom. The van der Waals surface area contributed by atoms with Crippen molar-refractivity contribution in [1.82, 2.24) is 5.32 Å². The van der Waals surface area contributed by atoms with Gasteiger partial charge in [0.1, 0.15) is 36.6 Å². The van der Waals surface area contributed by atoms with E-state index in [1.54, 1.807) is 0 Å². The van der Waals surface area contributed by atoms with Gasteiger partial charge in [0.25, 0.3) is 0 Å². The lowest BCUT2D eigenvalue weighted by Gasteiger charge is -2.40. The van der Waals surface area contributed by atoms with Crippen LogP contribution < -0.4 is 5.32 Å². The molecule has 1 aliphatic heterocycles. The summed E-state index contributed by atoms with van der Waals surface area (Å²) in [7, 11) is 0. The van der Waals surface area contributed by atoms with Gasteiger partial charge in [0.15, 0.2) is 6.29 Å². The SMILES string of the molecule is CCCCCCCCCCCC/C=C/CCCC(O)C(O)C(COC1OC(CO)C(O)C(O)C1O)NC(=O)C(O)CCCCCCCCCCCC/C=C\CCCCCCCCCCCCCC. The van der Waals surface area contributed by atoms with Crippen molar-refractivity contribution in [3.63, 3.8) is 0 Å². The van der Waals surface area contributed by atoms with E-state index in [4.69, 9.17) is 9.47 Å². The molecule has 9 unspecified atom stereocenters. The molecule has 1 amide bonds. The maximum atomic E-state index is 13.2. The van der Waals surface area contributed by atoms with Crippen molar-refractivity contribution in [3.05, 3.63) is 24.3 Å². The van der Waals surface area contributed by atoms with Gasteiger partial charge in [0, 0.05) is 0 Å². The number of carbonyl (C=O) groups is 1. The highest BCUT2D eigenvalue weighted by Crippen LogP contribution is 2.23. The van der Waals surface area contributed by atoms with Crippen LogP contribution >= 0.6 is 0 Å². The second kappa shape index (κ2) is 46.6. The number of amides is 1. The van der Waals surface area contributed by atoms with Gasteiger partial charge in [0.05, 0.1) is 25.4 Å². The number of ether oxygens (including phenoxy) is 2. The van der Waals surface area contributed by atoms with E-state index in [0.717, 1.165) is 38.5 Å². The van der Waals surface area contributed by atoms with Gasteiger partial charge >= 0.3 is 0 Å². The number of carbonyl (C=O) groups excluding carboxylic acids is 1. The quantitative estimate of drug-likeness (QED) is 0.0215. The van der Waals surface area contributed by atoms with Crippen molar-refractivity contribution >= 4 is 5.91 Å². The Morgan fingerprint density at radius 2 is 0.868 bits per heavy atom. The molecule has 8 N–H and O–H groups in total. The fourth-order valence-corrected chi connectivity index (χ4v) is 9.26. The minimum Gasteiger partial charge on any atom is -0.394 e. The molecule has 1 rings (SSSR count). The first-order valence-electron chi connectivity index (χ1n) is 28.7. The van der Waals surface area contributed by atoms with Crippen LogP contribution in [0, 0.1) is 0 Å². The molecule has 11 nitrogen and oxygen atoms in total. The second-order valence-electron chi connectivity index (χ2n) is 20.4. The lowest BCUT2D eigenvalue weighted by molar-refractivity contribution is -0.303. The molecule has 1 heterocycles. The molecule has 1 aliphatic rings. The van der Waals surface area contributed by atoms with E-state index in [9.17, 15) is 40.5 Å². The number of hydrogen-bond acceptors (Lipinski definition) is 10. The Hall–Kier alpha value is -1.41. The summed E-state index contributed by atoms with van der Waals surface area (Å²) in [5, 5.41) is 76.0. The maximum Gasteiger partial charge on any atom is 0.249 e. The monoisotopic (exact) mass is 968 g/mol. The van der Waals surface area contributed by atoms with Gasteiger partial charge in [-0.3, -0.25) is 4.79 Å². The predicted molar refractivity (Wildman–Crippen MR) is 279 cm³/mol. The van der Waals surface area contributed by atoms with Crippen molar-refractivity contribution in [2.75, 3.05) is 13.2 Å². The molecular formula is C57H109NO10. The highest BCUT2D eigenvalue weighted by atomic mass is 16.7. The van der Waals surface area contributed by atoms with Gasteiger partial charge in [-0.05, 0) is 64.2 Å². The summed E-state index contributed by atoms with van der Waals surface area (Å²) in [6, 6.07) is -1.18. The summed E-state index contributed by atoms with van der Waals surface area (Å²) < 4.78 is 11.1. The zero-order chi connectivity index (χ0) is 49.7. The first-order valence-corrected chi connectivity index (χ1v) is 28.7. The number of aliphatic hydroxyl groups excluding tert-OH is 7. The van der Waals surface area contributed by atoms with Crippen molar-refractivity contribution in [3.8, 4) is 0 Å². The molecule has 0 aliphatic carbocycles. The third kappa shape index (κ3) is 34.8. The van der Waals surface area contributed by atoms with E-state index in [1.165, 1.54) is 186 Å². The minimum absolute atomic E-state index is 0.254. The molecular weight excluding hydrogens is 859 g/mol. The van der Waals surface area contributed by atoms with Crippen LogP contribution in [0.2, 0.25) is 0 Å². The minimum atomic E-state index is -1.67. The molecule has 0 aromatic rings. The van der Waals surface area contributed by atoms with Crippen LogP contribution in [0.4, 0.5) is 0 Å². The first kappa shape index (κ1) is 64.6. The van der Waals surface area contributed by atoms with Crippen molar-refractivity contribution < 1.29 is 50.0 Å². The molecule has 402 valence electrons. The number of nitrogens with one attached hydrogen (secondary N) is 1. The third-order valence-corrected chi connectivity index (χ3v) is 14.0. The number of aliphatic hydroxyl groups is 7.